The first-order valence-corrected chi connectivity index (χ1v) is 7.20. The zero-order valence-corrected chi connectivity index (χ0v) is 11.4. The molecule has 3 heterocycles. The fourth-order valence-electron chi connectivity index (χ4n) is 2.53. The van der Waals surface area contributed by atoms with Crippen LogP contribution in [-0.4, -0.2) is 11.4 Å². The smallest absolute Gasteiger partial charge is 0.120 e. The second kappa shape index (κ2) is 4.88. The van der Waals surface area contributed by atoms with Gasteiger partial charge in [-0.2, -0.15) is 0 Å². The summed E-state index contributed by atoms with van der Waals surface area (Å²) in [6, 6.07) is 4.36. The number of furan rings is 1. The van der Waals surface area contributed by atoms with E-state index < -0.39 is 0 Å². The molecule has 3 rings (SSSR count). The quantitative estimate of drug-likeness (QED) is 0.924. The van der Waals surface area contributed by atoms with Crippen LogP contribution in [0.5, 0.6) is 0 Å². The van der Waals surface area contributed by atoms with Gasteiger partial charge in [0.05, 0.1) is 13.1 Å². The minimum absolute atomic E-state index is 0.487. The van der Waals surface area contributed by atoms with E-state index in [1.807, 2.05) is 11.3 Å². The van der Waals surface area contributed by atoms with Gasteiger partial charge in [-0.1, -0.05) is 0 Å². The molecule has 0 bridgehead atoms. The first kappa shape index (κ1) is 12.0. The SMILES string of the molecule is Cc1cc(CN2CCc3sccc3C2)oc1CN. The Morgan fingerprint density at radius 2 is 2.39 bits per heavy atom. The molecule has 0 radical (unpaired) electrons. The predicted octanol–water partition coefficient (Wildman–Crippen LogP) is 2.67. The Morgan fingerprint density at radius 3 is 3.17 bits per heavy atom. The number of thiophene rings is 1. The highest BCUT2D eigenvalue weighted by atomic mass is 32.1. The van der Waals surface area contributed by atoms with Crippen LogP contribution in [0.1, 0.15) is 27.5 Å². The average molecular weight is 262 g/mol. The fourth-order valence-corrected chi connectivity index (χ4v) is 3.42. The average Bonchev–Trinajstić information content (AvgIpc) is 2.95. The van der Waals surface area contributed by atoms with E-state index in [1.54, 1.807) is 4.88 Å². The normalized spacial score (nSPS) is 15.9. The van der Waals surface area contributed by atoms with Gasteiger partial charge < -0.3 is 10.2 Å². The Kier molecular flexibility index (Phi) is 3.24. The van der Waals surface area contributed by atoms with Crippen molar-refractivity contribution in [2.45, 2.75) is 33.0 Å². The van der Waals surface area contributed by atoms with Crippen molar-refractivity contribution in [2.75, 3.05) is 6.54 Å². The van der Waals surface area contributed by atoms with Gasteiger partial charge >= 0.3 is 0 Å². The number of aryl methyl sites for hydroxylation is 1. The maximum Gasteiger partial charge on any atom is 0.120 e. The molecule has 2 aromatic rings. The maximum atomic E-state index is 5.77. The molecule has 1 aliphatic rings. The van der Waals surface area contributed by atoms with Crippen LogP contribution in [0.25, 0.3) is 0 Å². The summed E-state index contributed by atoms with van der Waals surface area (Å²) in [5.41, 5.74) is 8.29. The molecule has 2 N–H and O–H groups in total. The molecule has 0 aliphatic carbocycles. The number of hydrogen-bond acceptors (Lipinski definition) is 4. The lowest BCUT2D eigenvalue weighted by molar-refractivity contribution is 0.225. The lowest BCUT2D eigenvalue weighted by Crippen LogP contribution is -2.28. The van der Waals surface area contributed by atoms with Crippen LogP contribution in [0.15, 0.2) is 21.9 Å². The van der Waals surface area contributed by atoms with Crippen LogP contribution in [0.3, 0.4) is 0 Å². The molecular weight excluding hydrogens is 244 g/mol. The van der Waals surface area contributed by atoms with Crippen molar-refractivity contribution in [3.63, 3.8) is 0 Å². The van der Waals surface area contributed by atoms with Crippen LogP contribution < -0.4 is 5.73 Å². The molecule has 4 heteroatoms. The third-order valence-electron chi connectivity index (χ3n) is 3.52. The van der Waals surface area contributed by atoms with Crippen molar-refractivity contribution < 1.29 is 4.42 Å². The molecule has 0 saturated heterocycles. The number of rotatable bonds is 3. The van der Waals surface area contributed by atoms with Crippen LogP contribution in [0.4, 0.5) is 0 Å². The summed E-state index contributed by atoms with van der Waals surface area (Å²) in [7, 11) is 0. The molecule has 0 saturated carbocycles. The van der Waals surface area contributed by atoms with Crippen molar-refractivity contribution in [1.29, 1.82) is 0 Å². The van der Waals surface area contributed by atoms with E-state index in [0.717, 1.165) is 37.6 Å². The number of nitrogens with zero attached hydrogens (tertiary/aromatic N) is 1. The van der Waals surface area contributed by atoms with Gasteiger partial charge in [-0.05, 0) is 42.0 Å². The second-order valence-electron chi connectivity index (χ2n) is 4.85. The van der Waals surface area contributed by atoms with Gasteiger partial charge in [0.25, 0.3) is 0 Å². The molecule has 3 nitrogen and oxygen atoms in total. The molecule has 96 valence electrons. The van der Waals surface area contributed by atoms with Gasteiger partial charge in [0.2, 0.25) is 0 Å². The predicted molar refractivity (Wildman–Crippen MR) is 73.5 cm³/mol. The van der Waals surface area contributed by atoms with E-state index in [9.17, 15) is 0 Å². The maximum absolute atomic E-state index is 5.77. The molecule has 0 unspecified atom stereocenters. The standard InChI is InChI=1S/C14H18N2OS/c1-10-6-12(17-13(10)7-15)9-16-4-2-14-11(8-16)3-5-18-14/h3,5-6H,2,4,7-9,15H2,1H3. The first-order valence-electron chi connectivity index (χ1n) is 6.32. The van der Waals surface area contributed by atoms with E-state index in [2.05, 4.69) is 29.3 Å². The summed E-state index contributed by atoms with van der Waals surface area (Å²) >= 11 is 1.88. The summed E-state index contributed by atoms with van der Waals surface area (Å²) < 4.78 is 5.77. The Hall–Kier alpha value is -1.10. The Morgan fingerprint density at radius 1 is 1.50 bits per heavy atom. The number of nitrogens with two attached hydrogens (primary N) is 1. The van der Waals surface area contributed by atoms with E-state index in [-0.39, 0.29) is 0 Å². The molecule has 18 heavy (non-hydrogen) atoms. The van der Waals surface area contributed by atoms with Crippen molar-refractivity contribution in [1.82, 2.24) is 4.90 Å². The number of hydrogen-bond donors (Lipinski definition) is 1. The first-order chi connectivity index (χ1) is 8.76. The van der Waals surface area contributed by atoms with Gasteiger partial charge in [-0.15, -0.1) is 11.3 Å². The summed E-state index contributed by atoms with van der Waals surface area (Å²) in [6.07, 6.45) is 1.16. The zero-order chi connectivity index (χ0) is 12.5. The van der Waals surface area contributed by atoms with Crippen LogP contribution in [-0.2, 0) is 26.1 Å². The highest BCUT2D eigenvalue weighted by Crippen LogP contribution is 2.25. The van der Waals surface area contributed by atoms with Crippen molar-refractivity contribution in [3.8, 4) is 0 Å². The van der Waals surface area contributed by atoms with Gasteiger partial charge in [-0.25, -0.2) is 0 Å². The highest BCUT2D eigenvalue weighted by molar-refractivity contribution is 7.10. The van der Waals surface area contributed by atoms with Crippen molar-refractivity contribution in [2.24, 2.45) is 5.73 Å². The Bertz CT molecular complexity index is 544. The summed E-state index contributed by atoms with van der Waals surface area (Å²) in [6.45, 7) is 5.58. The third kappa shape index (κ3) is 2.23. The van der Waals surface area contributed by atoms with Crippen molar-refractivity contribution in [3.05, 3.63) is 45.0 Å². The molecule has 2 aromatic heterocycles. The summed E-state index contributed by atoms with van der Waals surface area (Å²) in [5.74, 6) is 1.95. The molecule has 0 fully saturated rings. The summed E-state index contributed by atoms with van der Waals surface area (Å²) in [4.78, 5) is 3.98. The molecule has 0 atom stereocenters. The monoisotopic (exact) mass is 262 g/mol. The Balaban J connectivity index is 1.70. The van der Waals surface area contributed by atoms with E-state index >= 15 is 0 Å². The van der Waals surface area contributed by atoms with E-state index in [1.165, 1.54) is 11.1 Å². The van der Waals surface area contributed by atoms with Gasteiger partial charge in [0.15, 0.2) is 0 Å². The van der Waals surface area contributed by atoms with E-state index in [4.69, 9.17) is 10.2 Å². The minimum Gasteiger partial charge on any atom is -0.463 e. The Labute approximate surface area is 111 Å². The van der Waals surface area contributed by atoms with Crippen LogP contribution >= 0.6 is 11.3 Å². The molecule has 0 aromatic carbocycles. The lowest BCUT2D eigenvalue weighted by atomic mass is 10.1. The zero-order valence-electron chi connectivity index (χ0n) is 10.6. The topological polar surface area (TPSA) is 42.4 Å². The van der Waals surface area contributed by atoms with Gasteiger partial charge in [-0.3, -0.25) is 4.90 Å². The molecule has 0 amide bonds. The lowest BCUT2D eigenvalue weighted by Gasteiger charge is -2.25. The molecule has 1 aliphatic heterocycles. The van der Waals surface area contributed by atoms with Crippen LogP contribution in [0, 0.1) is 6.92 Å². The third-order valence-corrected chi connectivity index (χ3v) is 4.55. The van der Waals surface area contributed by atoms with Gasteiger partial charge in [0.1, 0.15) is 11.5 Å². The van der Waals surface area contributed by atoms with E-state index in [0.29, 0.717) is 6.54 Å². The minimum atomic E-state index is 0.487. The molecule has 0 spiro atoms. The summed E-state index contributed by atoms with van der Waals surface area (Å²) in [5, 5.41) is 2.19. The van der Waals surface area contributed by atoms with Crippen LogP contribution in [0.2, 0.25) is 0 Å². The second-order valence-corrected chi connectivity index (χ2v) is 5.85. The van der Waals surface area contributed by atoms with Gasteiger partial charge in [0, 0.05) is 18.0 Å². The molecular formula is C14H18N2OS. The van der Waals surface area contributed by atoms with Crippen molar-refractivity contribution >= 4 is 11.3 Å². The highest BCUT2D eigenvalue weighted by Gasteiger charge is 2.18. The number of fused-ring (bicyclic) bond motifs is 1. The largest absolute Gasteiger partial charge is 0.463 e. The fraction of sp³-hybridized carbons (Fsp3) is 0.429.